The maximum Gasteiger partial charge on any atom is 0.306 e. The minimum absolute atomic E-state index is 0.00261. The molecular weight excluding hydrogens is 400 g/mol. The molecule has 2 N–H and O–H groups in total. The van der Waals surface area contributed by atoms with Crippen molar-refractivity contribution >= 4 is 5.97 Å². The van der Waals surface area contributed by atoms with Gasteiger partial charge in [-0.15, -0.1) is 0 Å². The number of aliphatic carboxylic acids is 1. The SMILES string of the molecule is C/C(=C\CCC(C)(O)CCCC(C)C(=O)O)CCCC1(C)CCC2C=CC(C)C(C)C2O1. The van der Waals surface area contributed by atoms with Crippen molar-refractivity contribution in [3.05, 3.63) is 23.8 Å². The molecule has 1 heterocycles. The number of carbonyl (C=O) groups is 1. The van der Waals surface area contributed by atoms with Gasteiger partial charge in [0.2, 0.25) is 0 Å². The third kappa shape index (κ3) is 8.33. The summed E-state index contributed by atoms with van der Waals surface area (Å²) in [5.41, 5.74) is 0.661. The number of hydrogen-bond donors (Lipinski definition) is 2. The average molecular weight is 449 g/mol. The van der Waals surface area contributed by atoms with Crippen LogP contribution in [0.25, 0.3) is 0 Å². The number of rotatable bonds is 12. The highest BCUT2D eigenvalue weighted by Gasteiger charge is 2.42. The van der Waals surface area contributed by atoms with E-state index in [1.807, 2.05) is 6.92 Å². The Balaban J connectivity index is 1.69. The molecule has 0 aromatic heterocycles. The van der Waals surface area contributed by atoms with Gasteiger partial charge in [-0.1, -0.05) is 44.6 Å². The zero-order valence-corrected chi connectivity index (χ0v) is 21.4. The molecule has 7 unspecified atom stereocenters. The van der Waals surface area contributed by atoms with Gasteiger partial charge in [0.15, 0.2) is 0 Å². The van der Waals surface area contributed by atoms with Crippen LogP contribution in [0.1, 0.15) is 106 Å². The Morgan fingerprint density at radius 3 is 2.69 bits per heavy atom. The Hall–Kier alpha value is -1.13. The molecule has 0 spiro atoms. The lowest BCUT2D eigenvalue weighted by molar-refractivity contribution is -0.164. The lowest BCUT2D eigenvalue weighted by Gasteiger charge is -2.47. The standard InChI is InChI=1S/C28H48O4/c1-20(10-7-16-27(5,31)17-9-12-22(3)26(29)30)11-8-18-28(6)19-15-24-14-13-21(2)23(4)25(24)32-28/h10,13-14,21-25,31H,7-9,11-12,15-19H2,1-6H3,(H,29,30)/b20-10+. The summed E-state index contributed by atoms with van der Waals surface area (Å²) in [6, 6.07) is 0. The van der Waals surface area contributed by atoms with Crippen LogP contribution in [0.5, 0.6) is 0 Å². The van der Waals surface area contributed by atoms with E-state index in [9.17, 15) is 9.90 Å². The molecule has 1 aliphatic carbocycles. The minimum Gasteiger partial charge on any atom is -0.481 e. The van der Waals surface area contributed by atoms with Crippen molar-refractivity contribution in [2.24, 2.45) is 23.7 Å². The summed E-state index contributed by atoms with van der Waals surface area (Å²) in [4.78, 5) is 10.9. The van der Waals surface area contributed by atoms with Gasteiger partial charge < -0.3 is 14.9 Å². The van der Waals surface area contributed by atoms with Gasteiger partial charge in [-0.25, -0.2) is 0 Å². The molecule has 1 fully saturated rings. The third-order valence-corrected chi connectivity index (χ3v) is 8.09. The minimum atomic E-state index is -0.754. The van der Waals surface area contributed by atoms with E-state index >= 15 is 0 Å². The highest BCUT2D eigenvalue weighted by atomic mass is 16.5. The number of carboxylic acids is 1. The van der Waals surface area contributed by atoms with E-state index in [1.165, 1.54) is 12.0 Å². The van der Waals surface area contributed by atoms with Crippen molar-refractivity contribution in [2.45, 2.75) is 123 Å². The Morgan fingerprint density at radius 1 is 1.28 bits per heavy atom. The monoisotopic (exact) mass is 448 g/mol. The zero-order chi connectivity index (χ0) is 23.9. The van der Waals surface area contributed by atoms with Gasteiger partial charge in [0, 0.05) is 5.92 Å². The van der Waals surface area contributed by atoms with E-state index < -0.39 is 11.6 Å². The molecule has 2 aliphatic rings. The van der Waals surface area contributed by atoms with Crippen LogP contribution in [0.2, 0.25) is 0 Å². The summed E-state index contributed by atoms with van der Waals surface area (Å²) < 4.78 is 6.70. The van der Waals surface area contributed by atoms with Gasteiger partial charge in [0.25, 0.3) is 0 Å². The molecule has 4 heteroatoms. The van der Waals surface area contributed by atoms with E-state index in [2.05, 4.69) is 45.9 Å². The fraction of sp³-hybridized carbons (Fsp3) is 0.821. The predicted octanol–water partition coefficient (Wildman–Crippen LogP) is 6.92. The molecule has 0 bridgehead atoms. The van der Waals surface area contributed by atoms with Crippen molar-refractivity contribution in [3.8, 4) is 0 Å². The second kappa shape index (κ2) is 11.8. The largest absolute Gasteiger partial charge is 0.481 e. The summed E-state index contributed by atoms with van der Waals surface area (Å²) in [7, 11) is 0. The predicted molar refractivity (Wildman–Crippen MR) is 132 cm³/mol. The van der Waals surface area contributed by atoms with Crippen LogP contribution in [-0.2, 0) is 9.53 Å². The van der Waals surface area contributed by atoms with E-state index in [-0.39, 0.29) is 11.5 Å². The molecule has 2 rings (SSSR count). The molecule has 0 amide bonds. The molecular formula is C28H48O4. The van der Waals surface area contributed by atoms with Crippen molar-refractivity contribution in [3.63, 3.8) is 0 Å². The molecule has 0 aromatic rings. The number of fused-ring (bicyclic) bond motifs is 1. The normalized spacial score (nSPS) is 33.4. The van der Waals surface area contributed by atoms with E-state index in [1.54, 1.807) is 6.92 Å². The first-order valence-electron chi connectivity index (χ1n) is 12.9. The van der Waals surface area contributed by atoms with Crippen LogP contribution in [0.15, 0.2) is 23.8 Å². The molecule has 7 atom stereocenters. The molecule has 0 radical (unpaired) electrons. The maximum atomic E-state index is 10.9. The van der Waals surface area contributed by atoms with Crippen LogP contribution >= 0.6 is 0 Å². The summed E-state index contributed by atoms with van der Waals surface area (Å²) >= 11 is 0. The number of hydrogen-bond acceptors (Lipinski definition) is 3. The first-order chi connectivity index (χ1) is 14.9. The first-order valence-corrected chi connectivity index (χ1v) is 12.9. The van der Waals surface area contributed by atoms with Crippen LogP contribution in [-0.4, -0.2) is 33.5 Å². The van der Waals surface area contributed by atoms with Gasteiger partial charge in [0.05, 0.1) is 23.2 Å². The Labute approximate surface area is 196 Å². The highest BCUT2D eigenvalue weighted by molar-refractivity contribution is 5.69. The van der Waals surface area contributed by atoms with Gasteiger partial charge >= 0.3 is 5.97 Å². The van der Waals surface area contributed by atoms with Crippen molar-refractivity contribution < 1.29 is 19.7 Å². The summed E-state index contributed by atoms with van der Waals surface area (Å²) in [5.74, 6) is 0.689. The van der Waals surface area contributed by atoms with Crippen LogP contribution in [0, 0.1) is 23.7 Å². The summed E-state index contributed by atoms with van der Waals surface area (Å²) in [6.45, 7) is 12.7. The lowest BCUT2D eigenvalue weighted by atomic mass is 9.72. The quantitative estimate of drug-likeness (QED) is 0.318. The number of aliphatic hydroxyl groups is 1. The smallest absolute Gasteiger partial charge is 0.306 e. The second-order valence-electron chi connectivity index (χ2n) is 11.4. The second-order valence-corrected chi connectivity index (χ2v) is 11.4. The molecule has 0 aromatic carbocycles. The van der Waals surface area contributed by atoms with Gasteiger partial charge in [-0.2, -0.15) is 0 Å². The molecule has 1 aliphatic heterocycles. The summed E-state index contributed by atoms with van der Waals surface area (Å²) in [5, 5.41) is 19.6. The molecule has 0 saturated carbocycles. The topological polar surface area (TPSA) is 66.8 Å². The van der Waals surface area contributed by atoms with Crippen molar-refractivity contribution in [1.29, 1.82) is 0 Å². The fourth-order valence-electron chi connectivity index (χ4n) is 5.30. The maximum absolute atomic E-state index is 10.9. The van der Waals surface area contributed by atoms with E-state index in [4.69, 9.17) is 9.84 Å². The molecule has 1 saturated heterocycles. The van der Waals surface area contributed by atoms with Crippen LogP contribution < -0.4 is 0 Å². The fourth-order valence-corrected chi connectivity index (χ4v) is 5.30. The average Bonchev–Trinajstić information content (AvgIpc) is 2.70. The lowest BCUT2D eigenvalue weighted by Crippen LogP contribution is -2.47. The Bertz CT molecular complexity index is 664. The van der Waals surface area contributed by atoms with E-state index in [0.717, 1.165) is 44.9 Å². The molecule has 184 valence electrons. The Kier molecular flexibility index (Phi) is 10.0. The van der Waals surface area contributed by atoms with Crippen molar-refractivity contribution in [1.82, 2.24) is 0 Å². The van der Waals surface area contributed by atoms with Gasteiger partial charge in [-0.05, 0) is 96.8 Å². The van der Waals surface area contributed by atoms with Crippen LogP contribution in [0.4, 0.5) is 0 Å². The van der Waals surface area contributed by atoms with Crippen molar-refractivity contribution in [2.75, 3.05) is 0 Å². The zero-order valence-electron chi connectivity index (χ0n) is 21.4. The Morgan fingerprint density at radius 2 is 2.00 bits per heavy atom. The van der Waals surface area contributed by atoms with Gasteiger partial charge in [-0.3, -0.25) is 4.79 Å². The van der Waals surface area contributed by atoms with Gasteiger partial charge in [0.1, 0.15) is 0 Å². The number of ether oxygens (including phenoxy) is 1. The number of carboxylic acid groups (broad SMARTS) is 1. The van der Waals surface area contributed by atoms with Crippen LogP contribution in [0.3, 0.4) is 0 Å². The first kappa shape index (κ1) is 27.1. The molecule has 4 nitrogen and oxygen atoms in total. The molecule has 32 heavy (non-hydrogen) atoms. The number of allylic oxidation sites excluding steroid dienone is 3. The third-order valence-electron chi connectivity index (χ3n) is 8.09. The summed E-state index contributed by atoms with van der Waals surface area (Å²) in [6.07, 6.45) is 16.7. The van der Waals surface area contributed by atoms with E-state index in [0.29, 0.717) is 36.7 Å². The highest BCUT2D eigenvalue weighted by Crippen LogP contribution is 2.43.